The number of pyridine rings is 3. The Hall–Kier alpha value is -5.84. The molecule has 0 amide bonds. The van der Waals surface area contributed by atoms with Gasteiger partial charge in [0.15, 0.2) is 0 Å². The third-order valence-electron chi connectivity index (χ3n) is 16.6. The van der Waals surface area contributed by atoms with E-state index in [4.69, 9.17) is 58.1 Å². The fourth-order valence-corrected chi connectivity index (χ4v) is 19.0. The Morgan fingerprint density at radius 1 is 0.301 bits per heavy atom. The van der Waals surface area contributed by atoms with Gasteiger partial charge in [-0.2, -0.15) is 72.8 Å². The largest absolute Gasteiger partial charge is 0.693 e. The summed E-state index contributed by atoms with van der Waals surface area (Å²) >= 11 is -1.04. The molecule has 4 unspecified atom stereocenters. The molecule has 6 nitrogen and oxygen atoms in total. The molecule has 15 aromatic rings. The quantitative estimate of drug-likeness (QED) is 0.0306. The summed E-state index contributed by atoms with van der Waals surface area (Å²) in [5.41, 5.74) is 6.38. The van der Waals surface area contributed by atoms with Crippen LogP contribution < -0.4 is 42.4 Å². The molecule has 0 bridgehead atoms. The number of nitrogens with zero attached hydrogens (tertiary/aromatic N) is 3. The zero-order valence-corrected chi connectivity index (χ0v) is 86.2. The van der Waals surface area contributed by atoms with Crippen LogP contribution in [0.5, 0.6) is 0 Å². The second-order valence-corrected chi connectivity index (χ2v) is 42.5. The molecule has 21 heteroatoms. The minimum atomic E-state index is -0.697. The van der Waals surface area contributed by atoms with Crippen molar-refractivity contribution in [3.8, 4) is 0 Å². The van der Waals surface area contributed by atoms with E-state index in [9.17, 15) is 0 Å². The van der Waals surface area contributed by atoms with Gasteiger partial charge in [0, 0.05) is 42.1 Å². The maximum atomic E-state index is 4.85. The zero-order chi connectivity index (χ0) is 86.1. The van der Waals surface area contributed by atoms with Crippen LogP contribution in [-0.4, -0.2) is 39.6 Å². The molecule has 0 aliphatic rings. The minimum absolute atomic E-state index is 0. The van der Waals surface area contributed by atoms with Crippen molar-refractivity contribution in [2.24, 2.45) is 0 Å². The predicted octanol–water partition coefficient (Wildman–Crippen LogP) is 28.9. The van der Waals surface area contributed by atoms with Gasteiger partial charge in [0.05, 0.1) is 49.4 Å². The van der Waals surface area contributed by atoms with Crippen LogP contribution in [0.4, 0.5) is 0 Å². The van der Waals surface area contributed by atoms with Gasteiger partial charge in [-0.05, 0) is 175 Å². The number of rotatable bonds is 21. The fourth-order valence-electron chi connectivity index (χ4n) is 10.7. The van der Waals surface area contributed by atoms with Crippen molar-refractivity contribution in [2.75, 3.05) is 24.6 Å². The van der Waals surface area contributed by atoms with E-state index in [1.807, 2.05) is 195 Å². The molecule has 6 N–H and O–H groups in total. The van der Waals surface area contributed by atoms with Crippen LogP contribution >= 0.6 is 110 Å². The van der Waals surface area contributed by atoms with Crippen molar-refractivity contribution in [3.63, 3.8) is 0 Å². The van der Waals surface area contributed by atoms with E-state index in [1.54, 1.807) is 0 Å². The molecule has 0 spiro atoms. The van der Waals surface area contributed by atoms with Crippen molar-refractivity contribution in [2.45, 2.75) is 72.1 Å². The van der Waals surface area contributed by atoms with Crippen LogP contribution in [-0.2, 0) is 77.5 Å². The molecular weight excluding hydrogens is 2010 g/mol. The van der Waals surface area contributed by atoms with Crippen LogP contribution in [0.1, 0.15) is 68.2 Å². The number of benzene rings is 12. The molecule has 0 saturated heterocycles. The first-order valence-corrected chi connectivity index (χ1v) is 59.8. The first-order chi connectivity index (χ1) is 59.1. The van der Waals surface area contributed by atoms with E-state index in [1.165, 1.54) is 104 Å². The average molecular weight is 2130 g/mol. The summed E-state index contributed by atoms with van der Waals surface area (Å²) in [7, 11) is 34.9. The summed E-state index contributed by atoms with van der Waals surface area (Å²) in [6.45, 7) is 6.30. The molecular formula is C102H119Cl6N6P6Ru3+. The van der Waals surface area contributed by atoms with Crippen molar-refractivity contribution in [1.82, 2.24) is 15.0 Å². The number of hydrogen-bond donors (Lipinski definition) is 0. The molecule has 0 saturated carbocycles. The van der Waals surface area contributed by atoms with Gasteiger partial charge in [-0.3, -0.25) is 15.0 Å². The molecule has 3 aromatic heterocycles. The van der Waals surface area contributed by atoms with Gasteiger partial charge < -0.3 is 18.5 Å². The van der Waals surface area contributed by atoms with Crippen molar-refractivity contribution in [1.29, 1.82) is 0 Å². The second-order valence-electron chi connectivity index (χ2n) is 25.2. The summed E-state index contributed by atoms with van der Waals surface area (Å²) in [6.07, 6.45) is 20.1. The topological polar surface area (TPSA) is 139 Å². The first-order valence-electron chi connectivity index (χ1n) is 39.4. The van der Waals surface area contributed by atoms with Crippen molar-refractivity contribution < 1.29 is 45.4 Å². The summed E-state index contributed by atoms with van der Waals surface area (Å²) in [5, 5.41) is 11.5. The molecule has 0 aliphatic heterocycles. The van der Waals surface area contributed by atoms with Crippen molar-refractivity contribution in [3.05, 3.63) is 496 Å². The Balaban J connectivity index is 0.00000138. The van der Waals surface area contributed by atoms with Crippen LogP contribution in [0.3, 0.4) is 0 Å². The van der Waals surface area contributed by atoms with Gasteiger partial charge in [-0.1, -0.05) is 311 Å². The maximum Gasteiger partial charge on any atom is 0.0967 e. The molecule has 652 valence electrons. The molecule has 0 aliphatic carbocycles. The number of aryl methyl sites for hydroxylation is 5. The Bertz CT molecular complexity index is 4260. The minimum Gasteiger partial charge on any atom is -0.693 e. The van der Waals surface area contributed by atoms with Crippen molar-refractivity contribution >= 4 is 152 Å². The summed E-state index contributed by atoms with van der Waals surface area (Å²) in [6, 6.07) is 151. The van der Waals surface area contributed by atoms with Crippen LogP contribution in [0, 0.1) is 12.1 Å². The molecule has 0 fully saturated rings. The van der Waals surface area contributed by atoms with E-state index >= 15 is 0 Å². The Kier molecular flexibility index (Phi) is 82.8. The normalized spacial score (nSPS) is 9.50. The predicted molar refractivity (Wildman–Crippen MR) is 557 cm³/mol. The van der Waals surface area contributed by atoms with Crippen LogP contribution in [0.25, 0.3) is 18.5 Å². The van der Waals surface area contributed by atoms with E-state index in [0.717, 1.165) is 59.9 Å². The van der Waals surface area contributed by atoms with Gasteiger partial charge in [-0.15, -0.1) is 18.5 Å². The zero-order valence-electron chi connectivity index (χ0n) is 70.1. The van der Waals surface area contributed by atoms with E-state index in [0.29, 0.717) is 0 Å². The number of halogens is 6. The number of unbranched alkanes of at least 4 members (excludes halogenated alkanes) is 1. The Labute approximate surface area is 797 Å². The first kappa shape index (κ1) is 117. The van der Waals surface area contributed by atoms with Gasteiger partial charge in [0.1, 0.15) is 0 Å². The monoisotopic (exact) mass is 2130 g/mol. The molecule has 0 radical (unpaired) electrons. The molecule has 3 heterocycles. The fraction of sp³-hybridized carbons (Fsp3) is 0.147. The van der Waals surface area contributed by atoms with E-state index < -0.39 is 15.8 Å². The summed E-state index contributed by atoms with van der Waals surface area (Å²) in [5.74, 6) is 0. The molecule has 123 heavy (non-hydrogen) atoms. The standard InChI is InChI=1S/C21H22P2.C20H19P.C16H19P.3C7H9N.2C6H7P.2C6H5.6ClH.3H2N.3Ru/c1-4-11-19(12-5-1)22-17-10-18-23(20-13-6-2-7-14-20)21-15-8-3-9-16-21;1-4-10-18(11-5-1)16-17-21(19-12-6-2-7-13-19)20-14-8-3-9-15-20;1-3-9-15(10-4-1)11-7-8-14-17-16-12-5-2-6-13-16;3*1-2-7-5-3-4-6-8-7;2*7-6-4-2-1-3-5-6;2*1-2-4-6-5-3-1;;;;;;;;;;;;/h1-9,11-16,22H,10,17-18H2;1-15H,16-17H2;1-6,9-10,12-13,17H,7-8,11,14H2;3*3-6H,2H2,1H3;2*1-5H,7H2;2*1-5H;6*1H;3*1H2;;;/q;;;;;;;;2*-1;;;;;;;3*-1;+2;2*+4/p-4. The SMILES string of the molecule is CCc1ccccn1.CCc1ccccn1.CCc1ccccn1.Pc1ccccc1.Pc1ccccc1.[Cl][Ru+2][Cl].[Cl][Ru+2][Cl].[Cl][Ru][Cl].[NH2-].[NH2-].[NH2-].[c-]1ccccc1.[c-]1ccccc1.c1ccc(CCCCPc2ccccc2)cc1.c1ccc(CC[PH+](c2ccccc2)c2ccccc2)cc1.c1ccc(PCCC[PH+](c2ccccc2)c2ccccc2)cc1. The van der Waals surface area contributed by atoms with Gasteiger partial charge in [-0.25, -0.2) is 0 Å². The van der Waals surface area contributed by atoms with Crippen LogP contribution in [0.2, 0.25) is 0 Å². The number of aromatic nitrogens is 3. The van der Waals surface area contributed by atoms with E-state index in [2.05, 4.69) is 309 Å². The second kappa shape index (κ2) is 86.9. The summed E-state index contributed by atoms with van der Waals surface area (Å²) < 4.78 is 0. The van der Waals surface area contributed by atoms with Gasteiger partial charge in [0.2, 0.25) is 0 Å². The maximum absolute atomic E-state index is 4.85. The Morgan fingerprint density at radius 2 is 0.537 bits per heavy atom. The average Bonchev–Trinajstić information content (AvgIpc) is 0.845. The van der Waals surface area contributed by atoms with E-state index in [-0.39, 0.29) is 63.9 Å². The van der Waals surface area contributed by atoms with Gasteiger partial charge in [0.25, 0.3) is 0 Å². The molecule has 15 rings (SSSR count). The molecule has 4 atom stereocenters. The van der Waals surface area contributed by atoms with Gasteiger partial charge >= 0.3 is 104 Å². The Morgan fingerprint density at radius 3 is 0.764 bits per heavy atom. The molecule has 12 aromatic carbocycles. The third kappa shape index (κ3) is 65.4. The number of hydrogen-bond acceptors (Lipinski definition) is 3. The number of nitrogens with two attached hydrogens (primary N) is 3. The summed E-state index contributed by atoms with van der Waals surface area (Å²) in [4.78, 5) is 12.3. The van der Waals surface area contributed by atoms with Crippen LogP contribution in [0.15, 0.2) is 437 Å². The third-order valence-corrected chi connectivity index (χ3v) is 25.8. The smallest absolute Gasteiger partial charge is 0.0967 e.